The van der Waals surface area contributed by atoms with Crippen molar-refractivity contribution in [2.24, 2.45) is 0 Å². The average molecular weight is 367 g/mol. The van der Waals surface area contributed by atoms with Crippen molar-refractivity contribution in [2.75, 3.05) is 19.6 Å². The van der Waals surface area contributed by atoms with Crippen molar-refractivity contribution in [1.29, 1.82) is 0 Å². The van der Waals surface area contributed by atoms with Crippen LogP contribution in [0.15, 0.2) is 54.6 Å². The first-order valence-electron chi connectivity index (χ1n) is 8.81. The Labute approximate surface area is 156 Å². The number of pyridine rings is 1. The summed E-state index contributed by atoms with van der Waals surface area (Å²) < 4.78 is 1.81. The number of rotatable bonds is 6. The van der Waals surface area contributed by atoms with Crippen LogP contribution in [0, 0.1) is 0 Å². The van der Waals surface area contributed by atoms with E-state index in [-0.39, 0.29) is 11.9 Å². The van der Waals surface area contributed by atoms with Crippen molar-refractivity contribution in [2.45, 2.75) is 18.9 Å². The molecule has 1 amide bonds. The summed E-state index contributed by atoms with van der Waals surface area (Å²) >= 11 is 1.75. The first-order chi connectivity index (χ1) is 12.8. The number of aromatic nitrogens is 3. The van der Waals surface area contributed by atoms with Crippen LogP contribution in [0.1, 0.15) is 34.1 Å². The molecule has 6 nitrogen and oxygen atoms in total. The fourth-order valence-corrected chi connectivity index (χ4v) is 4.16. The smallest absolute Gasteiger partial charge is 0.252 e. The fourth-order valence-electron chi connectivity index (χ4n) is 3.30. The molecule has 1 aliphatic heterocycles. The van der Waals surface area contributed by atoms with E-state index < -0.39 is 0 Å². The monoisotopic (exact) mass is 367 g/mol. The molecule has 7 heteroatoms. The third-order valence-corrected chi connectivity index (χ3v) is 5.66. The molecule has 0 radical (unpaired) electrons. The molecule has 0 saturated carbocycles. The lowest BCUT2D eigenvalue weighted by molar-refractivity contribution is 0.0938. The molecule has 1 aliphatic rings. The van der Waals surface area contributed by atoms with E-state index in [9.17, 15) is 4.79 Å². The van der Waals surface area contributed by atoms with Crippen molar-refractivity contribution in [3.05, 3.63) is 65.0 Å². The first kappa shape index (κ1) is 16.9. The van der Waals surface area contributed by atoms with Gasteiger partial charge in [0, 0.05) is 30.0 Å². The van der Waals surface area contributed by atoms with Gasteiger partial charge < -0.3 is 5.32 Å². The van der Waals surface area contributed by atoms with Crippen LogP contribution in [-0.2, 0) is 0 Å². The topological polar surface area (TPSA) is 63.1 Å². The Bertz CT molecular complexity index is 823. The van der Waals surface area contributed by atoms with Gasteiger partial charge >= 0.3 is 0 Å². The highest BCUT2D eigenvalue weighted by Crippen LogP contribution is 2.27. The van der Waals surface area contributed by atoms with Crippen LogP contribution in [0.5, 0.6) is 0 Å². The maximum absolute atomic E-state index is 12.5. The number of nitrogens with one attached hydrogen (secondary N) is 1. The molecule has 4 heterocycles. The molecule has 1 atom stereocenters. The predicted molar refractivity (Wildman–Crippen MR) is 102 cm³/mol. The molecule has 1 saturated heterocycles. The van der Waals surface area contributed by atoms with Crippen molar-refractivity contribution < 1.29 is 4.79 Å². The highest BCUT2D eigenvalue weighted by atomic mass is 32.1. The Balaban J connectivity index is 1.42. The molecular formula is C19H21N5OS. The molecule has 0 aromatic carbocycles. The highest BCUT2D eigenvalue weighted by Gasteiger charge is 2.24. The summed E-state index contributed by atoms with van der Waals surface area (Å²) in [5.74, 6) is 0.656. The zero-order valence-corrected chi connectivity index (χ0v) is 15.2. The van der Waals surface area contributed by atoms with Gasteiger partial charge in [-0.05, 0) is 49.5 Å². The van der Waals surface area contributed by atoms with Crippen LogP contribution in [-0.4, -0.2) is 45.0 Å². The van der Waals surface area contributed by atoms with Gasteiger partial charge in [-0.2, -0.15) is 0 Å². The van der Waals surface area contributed by atoms with Gasteiger partial charge in [0.25, 0.3) is 5.91 Å². The second kappa shape index (κ2) is 7.80. The number of thiophene rings is 1. The number of carbonyl (C=O) groups excluding carboxylic acids is 1. The molecular weight excluding hydrogens is 346 g/mol. The summed E-state index contributed by atoms with van der Waals surface area (Å²) in [5, 5.41) is 5.18. The second-order valence-corrected chi connectivity index (χ2v) is 7.34. The lowest BCUT2D eigenvalue weighted by Crippen LogP contribution is -2.36. The van der Waals surface area contributed by atoms with Crippen LogP contribution in [0.3, 0.4) is 0 Å². The van der Waals surface area contributed by atoms with Gasteiger partial charge in [0.1, 0.15) is 12.1 Å². The van der Waals surface area contributed by atoms with E-state index >= 15 is 0 Å². The van der Waals surface area contributed by atoms with Crippen LogP contribution in [0.2, 0.25) is 0 Å². The van der Waals surface area contributed by atoms with Crippen LogP contribution < -0.4 is 5.32 Å². The van der Waals surface area contributed by atoms with Gasteiger partial charge in [0.05, 0.1) is 11.6 Å². The summed E-state index contributed by atoms with van der Waals surface area (Å²) in [5.41, 5.74) is 0.570. The quantitative estimate of drug-likeness (QED) is 0.728. The number of likely N-dealkylation sites (tertiary alicyclic amines) is 1. The molecule has 0 bridgehead atoms. The zero-order valence-electron chi connectivity index (χ0n) is 14.4. The van der Waals surface area contributed by atoms with Gasteiger partial charge in [-0.3, -0.25) is 14.3 Å². The Morgan fingerprint density at radius 2 is 2.15 bits per heavy atom. The second-order valence-electron chi connectivity index (χ2n) is 6.36. The minimum Gasteiger partial charge on any atom is -0.350 e. The van der Waals surface area contributed by atoms with Gasteiger partial charge in [0.15, 0.2) is 0 Å². The van der Waals surface area contributed by atoms with E-state index in [0.717, 1.165) is 18.9 Å². The Morgan fingerprint density at radius 3 is 2.81 bits per heavy atom. The predicted octanol–water partition coefficient (Wildman–Crippen LogP) is 2.90. The normalized spacial score (nSPS) is 15.8. The number of carbonyl (C=O) groups is 1. The summed E-state index contributed by atoms with van der Waals surface area (Å²) in [4.78, 5) is 24.7. The first-order valence-corrected chi connectivity index (χ1v) is 9.69. The Kier molecular flexibility index (Phi) is 5.08. The fraction of sp³-hybridized carbons (Fsp3) is 0.316. The van der Waals surface area contributed by atoms with Crippen LogP contribution in [0.25, 0.3) is 5.82 Å². The molecule has 3 aromatic rings. The summed E-state index contributed by atoms with van der Waals surface area (Å²) in [6, 6.07) is 8.10. The van der Waals surface area contributed by atoms with Gasteiger partial charge in [-0.25, -0.2) is 9.97 Å². The van der Waals surface area contributed by atoms with E-state index in [1.165, 1.54) is 17.7 Å². The maximum Gasteiger partial charge on any atom is 0.252 e. The Morgan fingerprint density at radius 1 is 1.27 bits per heavy atom. The van der Waals surface area contributed by atoms with Crippen molar-refractivity contribution in [1.82, 2.24) is 24.8 Å². The molecule has 3 aromatic heterocycles. The standard InChI is InChI=1S/C19H21N5OS/c25-19(15-5-6-18(21-12-15)24-10-7-20-14-24)22-13-16(17-4-3-11-26-17)23-8-1-2-9-23/h3-7,10-12,14,16H,1-2,8-9,13H2,(H,22,25). The third kappa shape index (κ3) is 3.68. The minimum absolute atomic E-state index is 0.0876. The molecule has 1 N–H and O–H groups in total. The van der Waals surface area contributed by atoms with Crippen LogP contribution >= 0.6 is 11.3 Å². The SMILES string of the molecule is O=C(NCC(c1cccs1)N1CCCC1)c1ccc(-n2ccnc2)nc1. The van der Waals surface area contributed by atoms with E-state index in [2.05, 4.69) is 37.7 Å². The zero-order chi connectivity index (χ0) is 17.8. The average Bonchev–Trinajstić information content (AvgIpc) is 3.45. The third-order valence-electron chi connectivity index (χ3n) is 4.69. The molecule has 4 rings (SSSR count). The van der Waals surface area contributed by atoms with E-state index in [1.807, 2.05) is 16.8 Å². The Hall–Kier alpha value is -2.51. The number of hydrogen-bond acceptors (Lipinski definition) is 5. The summed E-state index contributed by atoms with van der Waals surface area (Å²) in [6.45, 7) is 2.81. The molecule has 134 valence electrons. The number of hydrogen-bond donors (Lipinski definition) is 1. The van der Waals surface area contributed by atoms with E-state index in [1.54, 1.807) is 36.1 Å². The molecule has 0 spiro atoms. The molecule has 0 aliphatic carbocycles. The highest BCUT2D eigenvalue weighted by molar-refractivity contribution is 7.10. The van der Waals surface area contributed by atoms with E-state index in [0.29, 0.717) is 12.1 Å². The number of nitrogens with zero attached hydrogens (tertiary/aromatic N) is 4. The summed E-state index contributed by atoms with van der Waals surface area (Å²) in [7, 11) is 0. The maximum atomic E-state index is 12.5. The van der Waals surface area contributed by atoms with Crippen molar-refractivity contribution >= 4 is 17.2 Å². The van der Waals surface area contributed by atoms with Gasteiger partial charge in [-0.1, -0.05) is 6.07 Å². The van der Waals surface area contributed by atoms with Gasteiger partial charge in [0.2, 0.25) is 0 Å². The van der Waals surface area contributed by atoms with Crippen molar-refractivity contribution in [3.8, 4) is 5.82 Å². The van der Waals surface area contributed by atoms with Crippen molar-refractivity contribution in [3.63, 3.8) is 0 Å². The molecule has 1 unspecified atom stereocenters. The molecule has 26 heavy (non-hydrogen) atoms. The van der Waals surface area contributed by atoms with E-state index in [4.69, 9.17) is 0 Å². The number of amides is 1. The van der Waals surface area contributed by atoms with Gasteiger partial charge in [-0.15, -0.1) is 11.3 Å². The largest absolute Gasteiger partial charge is 0.350 e. The lowest BCUT2D eigenvalue weighted by Gasteiger charge is -2.26. The lowest BCUT2D eigenvalue weighted by atomic mass is 10.2. The minimum atomic E-state index is -0.0876. The number of imidazole rings is 1. The molecule has 1 fully saturated rings. The van der Waals surface area contributed by atoms with Crippen LogP contribution in [0.4, 0.5) is 0 Å². The summed E-state index contributed by atoms with van der Waals surface area (Å²) in [6.07, 6.45) is 9.28.